The second kappa shape index (κ2) is 3.33. The van der Waals surface area contributed by atoms with E-state index >= 15 is 0 Å². The lowest BCUT2D eigenvalue weighted by atomic mass is 10.1. The van der Waals surface area contributed by atoms with Gasteiger partial charge in [0.1, 0.15) is 0 Å². The molecule has 0 bridgehead atoms. The minimum absolute atomic E-state index is 0.0626. The molecule has 0 saturated heterocycles. The zero-order chi connectivity index (χ0) is 10.9. The third-order valence-electron chi connectivity index (χ3n) is 1.65. The van der Waals surface area contributed by atoms with Gasteiger partial charge in [-0.25, -0.2) is 4.79 Å². The van der Waals surface area contributed by atoms with Crippen molar-refractivity contribution in [1.29, 1.82) is 0 Å². The van der Waals surface area contributed by atoms with Gasteiger partial charge in [-0.1, -0.05) is 5.75 Å². The van der Waals surface area contributed by atoms with E-state index in [-0.39, 0.29) is 5.69 Å². The van der Waals surface area contributed by atoms with Crippen LogP contribution in [0.3, 0.4) is 0 Å². The Morgan fingerprint density at radius 2 is 2.07 bits per heavy atom. The summed E-state index contributed by atoms with van der Waals surface area (Å²) >= 11 is 0. The number of carboxylic acids is 2. The van der Waals surface area contributed by atoms with Crippen LogP contribution in [0, 0.1) is 6.92 Å². The van der Waals surface area contributed by atoms with Crippen LogP contribution in [0.4, 0.5) is 0 Å². The maximum Gasteiger partial charge on any atom is 0.335 e. The Morgan fingerprint density at radius 1 is 1.50 bits per heavy atom. The van der Waals surface area contributed by atoms with E-state index in [9.17, 15) is 19.8 Å². The molecule has 6 nitrogen and oxygen atoms in total. The summed E-state index contributed by atoms with van der Waals surface area (Å²) in [5, 5.41) is 30.2. The van der Waals surface area contributed by atoms with Gasteiger partial charge >= 0.3 is 5.97 Å². The Morgan fingerprint density at radius 3 is 2.50 bits per heavy atom. The number of nitrogens with zero attached hydrogens (tertiary/aromatic N) is 1. The fraction of sp³-hybridized carbons (Fsp3) is 0.125. The first-order valence-electron chi connectivity index (χ1n) is 3.56. The summed E-state index contributed by atoms with van der Waals surface area (Å²) in [6.45, 7) is 1.30. The molecule has 74 valence electrons. The fourth-order valence-electron chi connectivity index (χ4n) is 0.955. The monoisotopic (exact) mass is 195 g/mol. The molecule has 0 saturated carbocycles. The number of carboxylic acid groups (broad SMARTS) is 2. The molecule has 1 aromatic rings. The van der Waals surface area contributed by atoms with E-state index in [1.165, 1.54) is 6.92 Å². The van der Waals surface area contributed by atoms with Crippen LogP contribution in [0.5, 0.6) is 5.75 Å². The molecule has 0 spiro atoms. The molecule has 14 heavy (non-hydrogen) atoms. The van der Waals surface area contributed by atoms with Crippen molar-refractivity contribution in [1.82, 2.24) is 4.98 Å². The predicted octanol–water partition coefficient (Wildman–Crippen LogP) is -1.47. The fourth-order valence-corrected chi connectivity index (χ4v) is 0.955. The molecule has 0 atom stereocenters. The van der Waals surface area contributed by atoms with Crippen LogP contribution in [-0.4, -0.2) is 22.0 Å². The van der Waals surface area contributed by atoms with E-state index in [0.717, 1.165) is 6.20 Å². The highest BCUT2D eigenvalue weighted by atomic mass is 16.4. The number of hydrogen-bond acceptors (Lipinski definition) is 5. The number of aromatic carboxylic acids is 2. The summed E-state index contributed by atoms with van der Waals surface area (Å²) in [7, 11) is 0. The molecule has 1 aromatic heterocycles. The number of carbonyl (C=O) groups is 2. The molecule has 0 aliphatic heterocycles. The lowest BCUT2D eigenvalue weighted by Gasteiger charge is -2.16. The Balaban J connectivity index is 3.53. The normalized spacial score (nSPS) is 9.79. The molecule has 1 N–H and O–H groups in total. The van der Waals surface area contributed by atoms with Crippen molar-refractivity contribution >= 4 is 11.9 Å². The summed E-state index contributed by atoms with van der Waals surface area (Å²) < 4.78 is 0. The van der Waals surface area contributed by atoms with E-state index in [4.69, 9.17) is 5.11 Å². The summed E-state index contributed by atoms with van der Waals surface area (Å²) in [4.78, 5) is 24.5. The Labute approximate surface area is 78.5 Å². The second-order valence-corrected chi connectivity index (χ2v) is 2.55. The topological polar surface area (TPSA) is 113 Å². The molecule has 0 fully saturated rings. The Bertz CT molecular complexity index is 412. The molecule has 1 rings (SSSR count). The van der Waals surface area contributed by atoms with Crippen molar-refractivity contribution in [3.05, 3.63) is 23.0 Å². The van der Waals surface area contributed by atoms with Gasteiger partial charge in [0.15, 0.2) is 0 Å². The standard InChI is InChI=1S/C8H7NO5/c1-3-6(10)5(8(13)14)4(2-9-3)7(11)12/h2,10H,1H3,(H,11,12)(H,13,14)/p-2. The molecule has 0 aliphatic rings. The predicted molar refractivity (Wildman–Crippen MR) is 39.7 cm³/mol. The number of aryl methyl sites for hydroxylation is 1. The van der Waals surface area contributed by atoms with E-state index in [1.807, 2.05) is 0 Å². The molecule has 0 radical (unpaired) electrons. The quantitative estimate of drug-likeness (QED) is 0.615. The highest BCUT2D eigenvalue weighted by molar-refractivity contribution is 6.02. The van der Waals surface area contributed by atoms with Crippen LogP contribution in [0.2, 0.25) is 0 Å². The third kappa shape index (κ3) is 1.49. The first-order valence-corrected chi connectivity index (χ1v) is 3.56. The van der Waals surface area contributed by atoms with Crippen LogP contribution in [-0.2, 0) is 0 Å². The first-order chi connectivity index (χ1) is 6.45. The lowest BCUT2D eigenvalue weighted by Crippen LogP contribution is -2.26. The van der Waals surface area contributed by atoms with Crippen molar-refractivity contribution < 1.29 is 24.9 Å². The van der Waals surface area contributed by atoms with Crippen molar-refractivity contribution in [2.24, 2.45) is 0 Å². The minimum Gasteiger partial charge on any atom is -0.871 e. The molecule has 0 amide bonds. The number of carbonyl (C=O) groups excluding carboxylic acids is 1. The third-order valence-corrected chi connectivity index (χ3v) is 1.65. The van der Waals surface area contributed by atoms with Gasteiger partial charge in [-0.05, 0) is 6.92 Å². The molecule has 0 aromatic carbocycles. The van der Waals surface area contributed by atoms with Gasteiger partial charge in [0.05, 0.1) is 11.5 Å². The van der Waals surface area contributed by atoms with Gasteiger partial charge in [0.25, 0.3) is 0 Å². The van der Waals surface area contributed by atoms with Crippen LogP contribution in [0.1, 0.15) is 26.4 Å². The van der Waals surface area contributed by atoms with Crippen molar-refractivity contribution in [3.63, 3.8) is 0 Å². The Kier molecular flexibility index (Phi) is 2.37. The largest absolute Gasteiger partial charge is 0.871 e. The summed E-state index contributed by atoms with van der Waals surface area (Å²) in [5.74, 6) is -4.23. The van der Waals surface area contributed by atoms with Crippen LogP contribution >= 0.6 is 0 Å². The Hall–Kier alpha value is -2.11. The summed E-state index contributed by atoms with van der Waals surface area (Å²) in [6.07, 6.45) is 0.801. The van der Waals surface area contributed by atoms with E-state index in [2.05, 4.69) is 4.98 Å². The van der Waals surface area contributed by atoms with E-state index in [0.29, 0.717) is 0 Å². The highest BCUT2D eigenvalue weighted by Crippen LogP contribution is 2.20. The molecular weight excluding hydrogens is 190 g/mol. The second-order valence-electron chi connectivity index (χ2n) is 2.55. The SMILES string of the molecule is Cc1ncc(C(=O)[O-])c(C(=O)O)c1[O-]. The average Bonchev–Trinajstić information content (AvgIpc) is 2.08. The van der Waals surface area contributed by atoms with Crippen LogP contribution in [0.15, 0.2) is 6.20 Å². The zero-order valence-corrected chi connectivity index (χ0v) is 7.10. The molecule has 6 heteroatoms. The van der Waals surface area contributed by atoms with Gasteiger partial charge in [-0.3, -0.25) is 4.98 Å². The van der Waals surface area contributed by atoms with Crippen molar-refractivity contribution in [2.45, 2.75) is 6.92 Å². The molecule has 0 aliphatic carbocycles. The number of rotatable bonds is 2. The zero-order valence-electron chi connectivity index (χ0n) is 7.10. The van der Waals surface area contributed by atoms with Gasteiger partial charge in [-0.2, -0.15) is 0 Å². The van der Waals surface area contributed by atoms with E-state index < -0.39 is 28.8 Å². The lowest BCUT2D eigenvalue weighted by molar-refractivity contribution is -0.271. The van der Waals surface area contributed by atoms with Gasteiger partial charge < -0.3 is 20.1 Å². The number of hydrogen-bond donors (Lipinski definition) is 1. The molecule has 0 unspecified atom stereocenters. The van der Waals surface area contributed by atoms with Gasteiger partial charge in [0.2, 0.25) is 0 Å². The molecule has 1 heterocycles. The highest BCUT2D eigenvalue weighted by Gasteiger charge is 2.13. The smallest absolute Gasteiger partial charge is 0.335 e. The van der Waals surface area contributed by atoms with Crippen molar-refractivity contribution in [3.8, 4) is 5.75 Å². The average molecular weight is 195 g/mol. The summed E-state index contributed by atoms with van der Waals surface area (Å²) in [5.41, 5.74) is -1.57. The molecular formula is C8H5NO5-2. The first kappa shape index (κ1) is 9.97. The van der Waals surface area contributed by atoms with E-state index in [1.54, 1.807) is 0 Å². The number of aromatic nitrogens is 1. The van der Waals surface area contributed by atoms with Gasteiger partial charge in [0, 0.05) is 17.5 Å². The maximum absolute atomic E-state index is 11.2. The van der Waals surface area contributed by atoms with Gasteiger partial charge in [-0.15, -0.1) is 0 Å². The summed E-state index contributed by atoms with van der Waals surface area (Å²) in [6, 6.07) is 0. The van der Waals surface area contributed by atoms with Crippen molar-refractivity contribution in [2.75, 3.05) is 0 Å². The van der Waals surface area contributed by atoms with Crippen LogP contribution in [0.25, 0.3) is 0 Å². The maximum atomic E-state index is 11.2. The number of pyridine rings is 1. The van der Waals surface area contributed by atoms with Crippen LogP contribution < -0.4 is 10.2 Å². The minimum atomic E-state index is -1.73.